The van der Waals surface area contributed by atoms with Crippen molar-refractivity contribution >= 4 is 12.0 Å². The van der Waals surface area contributed by atoms with Gasteiger partial charge in [-0.3, -0.25) is 4.90 Å². The SMILES string of the molecule is CCOC(=O)C1=C(CN2CCC(N3CCCCC3)CC2)NC(=O)N[C@H]1c1ccc(C)cc1. The quantitative estimate of drug-likeness (QED) is 0.665. The Balaban J connectivity index is 1.52. The number of nitrogens with zero attached hydrogens (tertiary/aromatic N) is 2. The fourth-order valence-electron chi connectivity index (χ4n) is 5.15. The highest BCUT2D eigenvalue weighted by Crippen LogP contribution is 2.29. The summed E-state index contributed by atoms with van der Waals surface area (Å²) in [5.41, 5.74) is 3.19. The van der Waals surface area contributed by atoms with Crippen LogP contribution in [0, 0.1) is 6.92 Å². The van der Waals surface area contributed by atoms with Gasteiger partial charge in [-0.05, 0) is 58.2 Å². The summed E-state index contributed by atoms with van der Waals surface area (Å²) in [4.78, 5) is 30.5. The lowest BCUT2D eigenvalue weighted by atomic mass is 9.94. The van der Waals surface area contributed by atoms with Gasteiger partial charge in [0.15, 0.2) is 0 Å². The summed E-state index contributed by atoms with van der Waals surface area (Å²) in [6.45, 7) is 9.07. The van der Waals surface area contributed by atoms with Crippen molar-refractivity contribution in [2.75, 3.05) is 39.3 Å². The second kappa shape index (κ2) is 10.5. The van der Waals surface area contributed by atoms with Crippen molar-refractivity contribution in [2.45, 2.75) is 58.0 Å². The molecule has 0 aromatic heterocycles. The first-order valence-electron chi connectivity index (χ1n) is 12.1. The predicted molar refractivity (Wildman–Crippen MR) is 124 cm³/mol. The molecule has 2 saturated heterocycles. The van der Waals surface area contributed by atoms with Crippen molar-refractivity contribution in [1.29, 1.82) is 0 Å². The molecule has 1 aromatic rings. The Labute approximate surface area is 191 Å². The van der Waals surface area contributed by atoms with Gasteiger partial charge in [0.05, 0.1) is 18.2 Å². The molecule has 2 N–H and O–H groups in total. The molecule has 0 radical (unpaired) electrons. The van der Waals surface area contributed by atoms with Gasteiger partial charge in [-0.25, -0.2) is 9.59 Å². The molecule has 0 aliphatic carbocycles. The highest BCUT2D eigenvalue weighted by molar-refractivity contribution is 5.95. The van der Waals surface area contributed by atoms with Crippen LogP contribution in [0.4, 0.5) is 4.79 Å². The lowest BCUT2D eigenvalue weighted by Crippen LogP contribution is -2.51. The molecule has 3 aliphatic heterocycles. The van der Waals surface area contributed by atoms with Crippen molar-refractivity contribution in [2.24, 2.45) is 0 Å². The second-order valence-corrected chi connectivity index (χ2v) is 9.16. The topological polar surface area (TPSA) is 73.9 Å². The maximum atomic E-state index is 13.0. The average molecular weight is 441 g/mol. The molecule has 0 unspecified atom stereocenters. The van der Waals surface area contributed by atoms with E-state index >= 15 is 0 Å². The fourth-order valence-corrected chi connectivity index (χ4v) is 5.15. The monoisotopic (exact) mass is 440 g/mol. The fraction of sp³-hybridized carbons (Fsp3) is 0.600. The average Bonchev–Trinajstić information content (AvgIpc) is 2.80. The third-order valence-electron chi connectivity index (χ3n) is 6.91. The smallest absolute Gasteiger partial charge is 0.338 e. The largest absolute Gasteiger partial charge is 0.463 e. The van der Waals surface area contributed by atoms with Gasteiger partial charge in [0, 0.05) is 31.4 Å². The molecular weight excluding hydrogens is 404 g/mol. The van der Waals surface area contributed by atoms with Crippen LogP contribution in [0.15, 0.2) is 35.5 Å². The molecule has 0 spiro atoms. The molecule has 1 aromatic carbocycles. The van der Waals surface area contributed by atoms with Crippen LogP contribution in [-0.2, 0) is 9.53 Å². The predicted octanol–water partition coefficient (Wildman–Crippen LogP) is 3.12. The summed E-state index contributed by atoms with van der Waals surface area (Å²) >= 11 is 0. The summed E-state index contributed by atoms with van der Waals surface area (Å²) in [6, 6.07) is 7.80. The van der Waals surface area contributed by atoms with Crippen molar-refractivity contribution in [3.63, 3.8) is 0 Å². The molecule has 7 heteroatoms. The van der Waals surface area contributed by atoms with Gasteiger partial charge in [-0.2, -0.15) is 0 Å². The lowest BCUT2D eigenvalue weighted by molar-refractivity contribution is -0.139. The maximum absolute atomic E-state index is 13.0. The summed E-state index contributed by atoms with van der Waals surface area (Å²) in [7, 11) is 0. The van der Waals surface area contributed by atoms with Crippen LogP contribution in [0.25, 0.3) is 0 Å². The Morgan fingerprint density at radius 1 is 1.06 bits per heavy atom. The highest BCUT2D eigenvalue weighted by Gasteiger charge is 2.35. The molecule has 0 bridgehead atoms. The number of carbonyl (C=O) groups excluding carboxylic acids is 2. The number of urea groups is 1. The first-order chi connectivity index (χ1) is 15.5. The molecule has 3 aliphatic rings. The molecule has 7 nitrogen and oxygen atoms in total. The Bertz CT molecular complexity index is 837. The minimum Gasteiger partial charge on any atom is -0.463 e. The van der Waals surface area contributed by atoms with Gasteiger partial charge < -0.3 is 20.3 Å². The Hall–Kier alpha value is -2.38. The number of carbonyl (C=O) groups is 2. The van der Waals surface area contributed by atoms with Crippen LogP contribution in [0.1, 0.15) is 56.2 Å². The van der Waals surface area contributed by atoms with Gasteiger partial charge >= 0.3 is 12.0 Å². The van der Waals surface area contributed by atoms with Crippen LogP contribution >= 0.6 is 0 Å². The highest BCUT2D eigenvalue weighted by atomic mass is 16.5. The number of piperidine rings is 2. The third-order valence-corrected chi connectivity index (χ3v) is 6.91. The van der Waals surface area contributed by atoms with E-state index in [9.17, 15) is 9.59 Å². The first-order valence-corrected chi connectivity index (χ1v) is 12.1. The lowest BCUT2D eigenvalue weighted by Gasteiger charge is -2.41. The van der Waals surface area contributed by atoms with E-state index in [-0.39, 0.29) is 12.0 Å². The molecule has 1 atom stereocenters. The summed E-state index contributed by atoms with van der Waals surface area (Å²) in [5, 5.41) is 5.84. The molecule has 3 heterocycles. The summed E-state index contributed by atoms with van der Waals surface area (Å²) in [5.74, 6) is -0.372. The van der Waals surface area contributed by atoms with Crippen molar-refractivity contribution in [3.8, 4) is 0 Å². The number of rotatable bonds is 6. The van der Waals surface area contributed by atoms with E-state index in [1.807, 2.05) is 31.2 Å². The minimum atomic E-state index is -0.510. The van der Waals surface area contributed by atoms with Crippen LogP contribution in [0.5, 0.6) is 0 Å². The standard InChI is InChI=1S/C25H36N4O3/c1-3-32-24(30)22-21(26-25(31)27-23(22)19-9-7-18(2)8-10-19)17-28-15-11-20(12-16-28)29-13-5-4-6-14-29/h7-10,20,23H,3-6,11-17H2,1-2H3,(H2,26,27,31)/t23-/m0/s1. The first kappa shape index (κ1) is 22.8. The Morgan fingerprint density at radius 2 is 1.75 bits per heavy atom. The number of hydrogen-bond acceptors (Lipinski definition) is 5. The van der Waals surface area contributed by atoms with Gasteiger partial charge in [0.2, 0.25) is 0 Å². The van der Waals surface area contributed by atoms with E-state index in [0.717, 1.165) is 37.1 Å². The molecule has 0 saturated carbocycles. The van der Waals surface area contributed by atoms with E-state index in [0.29, 0.717) is 30.5 Å². The number of benzene rings is 1. The van der Waals surface area contributed by atoms with E-state index in [1.165, 1.54) is 32.4 Å². The van der Waals surface area contributed by atoms with Crippen LogP contribution in [0.2, 0.25) is 0 Å². The number of ether oxygens (including phenoxy) is 1. The number of hydrogen-bond donors (Lipinski definition) is 2. The molecule has 174 valence electrons. The van der Waals surface area contributed by atoms with Gasteiger partial charge in [0.1, 0.15) is 0 Å². The van der Waals surface area contributed by atoms with Crippen molar-refractivity contribution in [3.05, 3.63) is 46.7 Å². The van der Waals surface area contributed by atoms with E-state index in [4.69, 9.17) is 4.74 Å². The number of likely N-dealkylation sites (tertiary alicyclic amines) is 2. The minimum absolute atomic E-state index is 0.276. The number of nitrogens with one attached hydrogen (secondary N) is 2. The van der Waals surface area contributed by atoms with Gasteiger partial charge in [0.25, 0.3) is 0 Å². The summed E-state index contributed by atoms with van der Waals surface area (Å²) < 4.78 is 5.39. The molecule has 2 fully saturated rings. The van der Waals surface area contributed by atoms with E-state index < -0.39 is 6.04 Å². The van der Waals surface area contributed by atoms with Crippen LogP contribution in [-0.4, -0.2) is 67.2 Å². The van der Waals surface area contributed by atoms with Crippen molar-refractivity contribution in [1.82, 2.24) is 20.4 Å². The third kappa shape index (κ3) is 5.33. The molecule has 32 heavy (non-hydrogen) atoms. The van der Waals surface area contributed by atoms with Crippen LogP contribution in [0.3, 0.4) is 0 Å². The zero-order valence-electron chi connectivity index (χ0n) is 19.4. The summed E-state index contributed by atoms with van der Waals surface area (Å²) in [6.07, 6.45) is 6.26. The van der Waals surface area contributed by atoms with E-state index in [2.05, 4.69) is 20.4 Å². The Morgan fingerprint density at radius 3 is 2.41 bits per heavy atom. The number of aryl methyl sites for hydroxylation is 1. The zero-order valence-corrected chi connectivity index (χ0v) is 19.4. The van der Waals surface area contributed by atoms with E-state index in [1.54, 1.807) is 6.92 Å². The van der Waals surface area contributed by atoms with Crippen LogP contribution < -0.4 is 10.6 Å². The number of esters is 1. The maximum Gasteiger partial charge on any atom is 0.338 e. The van der Waals surface area contributed by atoms with Crippen molar-refractivity contribution < 1.29 is 14.3 Å². The Kier molecular flexibility index (Phi) is 7.48. The molecule has 2 amide bonds. The normalized spacial score (nSPS) is 23.6. The zero-order chi connectivity index (χ0) is 22.5. The van der Waals surface area contributed by atoms with Gasteiger partial charge in [-0.1, -0.05) is 36.2 Å². The van der Waals surface area contributed by atoms with Gasteiger partial charge in [-0.15, -0.1) is 0 Å². The molecular formula is C25H36N4O3. The number of amides is 2. The second-order valence-electron chi connectivity index (χ2n) is 9.16. The molecule has 4 rings (SSSR count).